The number of nitrogens with one attached hydrogen (secondary N) is 2. The van der Waals surface area contributed by atoms with Crippen LogP contribution in [-0.2, 0) is 9.59 Å². The predicted molar refractivity (Wildman–Crippen MR) is 69.6 cm³/mol. The third kappa shape index (κ3) is 2.94. The number of rotatable bonds is 4. The van der Waals surface area contributed by atoms with E-state index in [1.165, 1.54) is 0 Å². The number of nitrogens with zero attached hydrogens (tertiary/aromatic N) is 1. The largest absolute Gasteiger partial charge is 0.481 e. The fraction of sp³-hybridized carbons (Fsp3) is 0.615. The van der Waals surface area contributed by atoms with Gasteiger partial charge in [-0.3, -0.25) is 14.7 Å². The Morgan fingerprint density at radius 1 is 1.47 bits per heavy atom. The number of aliphatic carboxylic acids is 1. The molecule has 1 fully saturated rings. The number of aromatic nitrogens is 2. The maximum absolute atomic E-state index is 12.2. The van der Waals surface area contributed by atoms with Crippen LogP contribution in [0.25, 0.3) is 0 Å². The van der Waals surface area contributed by atoms with E-state index in [9.17, 15) is 14.7 Å². The van der Waals surface area contributed by atoms with Crippen molar-refractivity contribution in [1.82, 2.24) is 10.2 Å². The summed E-state index contributed by atoms with van der Waals surface area (Å²) in [6, 6.07) is 1.72. The summed E-state index contributed by atoms with van der Waals surface area (Å²) in [7, 11) is 0. The van der Waals surface area contributed by atoms with E-state index < -0.39 is 17.8 Å². The molecule has 0 spiro atoms. The van der Waals surface area contributed by atoms with E-state index in [1.807, 2.05) is 13.8 Å². The molecule has 1 unspecified atom stereocenters. The lowest BCUT2D eigenvalue weighted by atomic mass is 9.95. The van der Waals surface area contributed by atoms with E-state index in [0.717, 1.165) is 12.1 Å². The zero-order valence-electron chi connectivity index (χ0n) is 11.1. The minimum atomic E-state index is -0.880. The molecule has 6 nitrogen and oxygen atoms in total. The molecule has 0 aliphatic heterocycles. The van der Waals surface area contributed by atoms with Crippen LogP contribution in [0.4, 0.5) is 5.82 Å². The lowest BCUT2D eigenvalue weighted by Crippen LogP contribution is -2.30. The van der Waals surface area contributed by atoms with Gasteiger partial charge in [0, 0.05) is 11.8 Å². The molecule has 3 atom stereocenters. The topological polar surface area (TPSA) is 95.1 Å². The summed E-state index contributed by atoms with van der Waals surface area (Å²) in [6.45, 7) is 3.87. The zero-order chi connectivity index (χ0) is 14.0. The summed E-state index contributed by atoms with van der Waals surface area (Å²) in [4.78, 5) is 23.4. The van der Waals surface area contributed by atoms with Crippen LogP contribution < -0.4 is 5.32 Å². The molecule has 1 saturated carbocycles. The van der Waals surface area contributed by atoms with E-state index in [-0.39, 0.29) is 5.91 Å². The van der Waals surface area contributed by atoms with Crippen LogP contribution in [0.5, 0.6) is 0 Å². The second-order valence-electron chi connectivity index (χ2n) is 5.22. The van der Waals surface area contributed by atoms with Crippen LogP contribution in [-0.4, -0.2) is 27.2 Å². The van der Waals surface area contributed by atoms with Gasteiger partial charge in [-0.25, -0.2) is 0 Å². The zero-order valence-corrected chi connectivity index (χ0v) is 11.1. The van der Waals surface area contributed by atoms with Crippen molar-refractivity contribution in [2.45, 2.75) is 33.1 Å². The molecule has 6 heteroatoms. The first-order valence-electron chi connectivity index (χ1n) is 6.57. The van der Waals surface area contributed by atoms with Gasteiger partial charge in [-0.15, -0.1) is 0 Å². The molecule has 1 amide bonds. The first-order chi connectivity index (χ1) is 9.01. The van der Waals surface area contributed by atoms with Crippen LogP contribution in [0.2, 0.25) is 0 Å². The quantitative estimate of drug-likeness (QED) is 0.773. The summed E-state index contributed by atoms with van der Waals surface area (Å²) in [5.74, 6) is -1.39. The summed E-state index contributed by atoms with van der Waals surface area (Å²) in [5.41, 5.74) is 0.850. The smallest absolute Gasteiger partial charge is 0.307 e. The lowest BCUT2D eigenvalue weighted by molar-refractivity contribution is -0.145. The van der Waals surface area contributed by atoms with Gasteiger partial charge in [0.25, 0.3) is 0 Å². The van der Waals surface area contributed by atoms with Crippen LogP contribution in [0, 0.1) is 24.7 Å². The maximum atomic E-state index is 12.2. The van der Waals surface area contributed by atoms with Crippen molar-refractivity contribution in [1.29, 1.82) is 0 Å². The van der Waals surface area contributed by atoms with Crippen molar-refractivity contribution < 1.29 is 14.7 Å². The van der Waals surface area contributed by atoms with Crippen LogP contribution in [0.15, 0.2) is 6.07 Å². The molecule has 1 aliphatic carbocycles. The first kappa shape index (κ1) is 13.6. The number of hydrogen-bond acceptors (Lipinski definition) is 3. The van der Waals surface area contributed by atoms with Gasteiger partial charge >= 0.3 is 5.97 Å². The summed E-state index contributed by atoms with van der Waals surface area (Å²) >= 11 is 0. The number of carbonyl (C=O) groups is 2. The Bertz CT molecular complexity index is 483. The molecule has 0 bridgehead atoms. The van der Waals surface area contributed by atoms with Crippen LogP contribution in [0.1, 0.15) is 31.9 Å². The molecular formula is C13H19N3O3. The fourth-order valence-corrected chi connectivity index (χ4v) is 2.74. The van der Waals surface area contributed by atoms with Gasteiger partial charge in [0.05, 0.1) is 11.8 Å². The Balaban J connectivity index is 2.06. The molecule has 1 heterocycles. The van der Waals surface area contributed by atoms with Gasteiger partial charge in [0.2, 0.25) is 5.91 Å². The Labute approximate surface area is 111 Å². The standard InChI is InChI=1S/C13H19N3O3/c1-3-8-5-9(10(6-8)13(18)19)12(17)14-11-4-7(2)15-16-11/h4,8-10H,3,5-6H2,1-2H3,(H,18,19)(H2,14,15,16,17)/t8?,9-,10+/m0/s1. The average Bonchev–Trinajstić information content (AvgIpc) is 2.95. The third-order valence-corrected chi connectivity index (χ3v) is 3.85. The Kier molecular flexibility index (Phi) is 3.87. The normalized spacial score (nSPS) is 26.3. The minimum Gasteiger partial charge on any atom is -0.481 e. The molecule has 0 aromatic carbocycles. The van der Waals surface area contributed by atoms with Crippen LogP contribution >= 0.6 is 0 Å². The fourth-order valence-electron chi connectivity index (χ4n) is 2.74. The monoisotopic (exact) mass is 265 g/mol. The van der Waals surface area contributed by atoms with Crippen molar-refractivity contribution in [2.75, 3.05) is 5.32 Å². The molecule has 0 radical (unpaired) electrons. The summed E-state index contributed by atoms with van der Waals surface area (Å²) in [5, 5.41) is 18.6. The highest BCUT2D eigenvalue weighted by Gasteiger charge is 2.42. The third-order valence-electron chi connectivity index (χ3n) is 3.85. The Hall–Kier alpha value is -1.85. The number of carboxylic acid groups (broad SMARTS) is 1. The summed E-state index contributed by atoms with van der Waals surface area (Å²) in [6.07, 6.45) is 2.14. The SMILES string of the molecule is CCC1C[C@H](C(=O)Nc2cc(C)[nH]n2)[C@H](C(=O)O)C1. The van der Waals surface area contributed by atoms with E-state index in [4.69, 9.17) is 0 Å². The Morgan fingerprint density at radius 3 is 2.68 bits per heavy atom. The number of aryl methyl sites for hydroxylation is 1. The van der Waals surface area contributed by atoms with E-state index in [1.54, 1.807) is 6.07 Å². The van der Waals surface area contributed by atoms with E-state index in [2.05, 4.69) is 15.5 Å². The number of aromatic amines is 1. The van der Waals surface area contributed by atoms with Crippen molar-refractivity contribution in [3.8, 4) is 0 Å². The van der Waals surface area contributed by atoms with Gasteiger partial charge in [0.1, 0.15) is 0 Å². The van der Waals surface area contributed by atoms with Crippen molar-refractivity contribution in [3.63, 3.8) is 0 Å². The maximum Gasteiger partial charge on any atom is 0.307 e. The molecule has 1 aliphatic rings. The molecular weight excluding hydrogens is 246 g/mol. The van der Waals surface area contributed by atoms with Crippen molar-refractivity contribution >= 4 is 17.7 Å². The lowest BCUT2D eigenvalue weighted by Gasteiger charge is -2.14. The minimum absolute atomic E-state index is 0.241. The molecule has 1 aromatic heterocycles. The highest BCUT2D eigenvalue weighted by molar-refractivity contribution is 5.94. The first-order valence-corrected chi connectivity index (χ1v) is 6.57. The van der Waals surface area contributed by atoms with Gasteiger partial charge < -0.3 is 10.4 Å². The van der Waals surface area contributed by atoms with Gasteiger partial charge in [-0.1, -0.05) is 13.3 Å². The van der Waals surface area contributed by atoms with Crippen molar-refractivity contribution in [3.05, 3.63) is 11.8 Å². The molecule has 104 valence electrons. The highest BCUT2D eigenvalue weighted by Crippen LogP contribution is 2.38. The molecule has 3 N–H and O–H groups in total. The second-order valence-corrected chi connectivity index (χ2v) is 5.22. The number of anilines is 1. The highest BCUT2D eigenvalue weighted by atomic mass is 16.4. The Morgan fingerprint density at radius 2 is 2.16 bits per heavy atom. The van der Waals surface area contributed by atoms with Gasteiger partial charge in [-0.05, 0) is 25.7 Å². The van der Waals surface area contributed by atoms with Crippen molar-refractivity contribution in [2.24, 2.45) is 17.8 Å². The number of amides is 1. The molecule has 19 heavy (non-hydrogen) atoms. The second kappa shape index (κ2) is 5.42. The van der Waals surface area contributed by atoms with Gasteiger partial charge in [0.15, 0.2) is 5.82 Å². The number of H-pyrrole nitrogens is 1. The predicted octanol–water partition coefficient (Wildman–Crippen LogP) is 1.79. The van der Waals surface area contributed by atoms with E-state index in [0.29, 0.717) is 24.6 Å². The molecule has 1 aromatic rings. The number of hydrogen-bond donors (Lipinski definition) is 3. The summed E-state index contributed by atoms with van der Waals surface area (Å²) < 4.78 is 0. The number of carboxylic acids is 1. The number of carbonyl (C=O) groups excluding carboxylic acids is 1. The average molecular weight is 265 g/mol. The molecule has 0 saturated heterocycles. The van der Waals surface area contributed by atoms with E-state index >= 15 is 0 Å². The van der Waals surface area contributed by atoms with Crippen LogP contribution in [0.3, 0.4) is 0 Å². The van der Waals surface area contributed by atoms with Gasteiger partial charge in [-0.2, -0.15) is 5.10 Å². The molecule has 2 rings (SSSR count).